The molecule has 1 saturated heterocycles. The summed E-state index contributed by atoms with van der Waals surface area (Å²) in [6.45, 7) is 0.374. The van der Waals surface area contributed by atoms with Gasteiger partial charge in [-0.05, 0) is 71.4 Å². The van der Waals surface area contributed by atoms with Gasteiger partial charge in [0.2, 0.25) is 0 Å². The monoisotopic (exact) mass is 518 g/mol. The van der Waals surface area contributed by atoms with Crippen LogP contribution in [0.5, 0.6) is 11.5 Å². The number of hydrogen-bond acceptors (Lipinski definition) is 5. The van der Waals surface area contributed by atoms with E-state index in [1.807, 2.05) is 36.4 Å². The van der Waals surface area contributed by atoms with Gasteiger partial charge in [-0.15, -0.1) is 0 Å². The zero-order chi connectivity index (χ0) is 23.4. The molecule has 0 aliphatic carbocycles. The maximum atomic E-state index is 12.4. The van der Waals surface area contributed by atoms with Crippen molar-refractivity contribution in [3.05, 3.63) is 91.8 Å². The average Bonchev–Trinajstić information content (AvgIpc) is 3.14. The molecule has 0 spiro atoms. The molecule has 1 aliphatic heterocycles. The highest BCUT2D eigenvalue weighted by Crippen LogP contribution is 2.34. The topological polar surface area (TPSA) is 59.9 Å². The Hall–Kier alpha value is -2.64. The lowest BCUT2D eigenvalue weighted by Gasteiger charge is -2.11. The van der Waals surface area contributed by atoms with Gasteiger partial charge in [-0.1, -0.05) is 53.0 Å². The van der Waals surface area contributed by atoms with Gasteiger partial charge in [0.15, 0.2) is 16.7 Å². The van der Waals surface area contributed by atoms with Crippen LogP contribution in [0.4, 0.5) is 5.69 Å². The summed E-state index contributed by atoms with van der Waals surface area (Å²) in [5.41, 5.74) is 2.29. The molecule has 168 valence electrons. The number of thioether (sulfide) groups is 1. The smallest absolute Gasteiger partial charge is 0.264 e. The highest BCUT2D eigenvalue weighted by molar-refractivity contribution is 8.18. The van der Waals surface area contributed by atoms with Crippen LogP contribution in [0.2, 0.25) is 15.1 Å². The summed E-state index contributed by atoms with van der Waals surface area (Å²) in [4.78, 5) is 17.3. The van der Waals surface area contributed by atoms with E-state index in [0.717, 1.165) is 11.1 Å². The molecule has 1 fully saturated rings. The van der Waals surface area contributed by atoms with Crippen LogP contribution in [0.25, 0.3) is 6.08 Å². The molecule has 0 atom stereocenters. The normalized spacial score (nSPS) is 15.7. The number of amides is 1. The minimum atomic E-state index is -0.245. The number of methoxy groups -OCH3 is 1. The van der Waals surface area contributed by atoms with E-state index in [0.29, 0.717) is 48.9 Å². The summed E-state index contributed by atoms with van der Waals surface area (Å²) in [5.74, 6) is 0.909. The van der Waals surface area contributed by atoms with Gasteiger partial charge in [-0.3, -0.25) is 4.79 Å². The van der Waals surface area contributed by atoms with E-state index in [2.05, 4.69) is 10.3 Å². The van der Waals surface area contributed by atoms with E-state index in [9.17, 15) is 4.79 Å². The number of ether oxygens (including phenoxy) is 2. The molecule has 0 radical (unpaired) electrons. The first-order chi connectivity index (χ1) is 15.9. The Morgan fingerprint density at radius 2 is 1.73 bits per heavy atom. The molecule has 1 amide bonds. The van der Waals surface area contributed by atoms with Gasteiger partial charge >= 0.3 is 0 Å². The standard InChI is InChI=1S/C24H17Cl3N2O3S/c1-31-21-10-15(4-9-20(21)32-13-14-2-5-16(25)6-3-14)11-22-23(30)29-24(33-22)28-19-8-7-17(26)12-18(19)27/h2-12H,13H2,1H3,(H,28,29,30)/b22-11-. The third-order valence-electron chi connectivity index (χ3n) is 4.58. The number of carbonyl (C=O) groups excluding carboxylic acids is 1. The van der Waals surface area contributed by atoms with E-state index >= 15 is 0 Å². The molecule has 1 aliphatic rings. The fourth-order valence-corrected chi connectivity index (χ4v) is 4.36. The number of rotatable bonds is 6. The molecule has 0 saturated carbocycles. The maximum Gasteiger partial charge on any atom is 0.264 e. The first-order valence-electron chi connectivity index (χ1n) is 9.71. The predicted octanol–water partition coefficient (Wildman–Crippen LogP) is 7.13. The third kappa shape index (κ3) is 6.03. The van der Waals surface area contributed by atoms with Gasteiger partial charge in [0.25, 0.3) is 5.91 Å². The second-order valence-corrected chi connectivity index (χ2v) is 9.21. The van der Waals surface area contributed by atoms with Crippen molar-refractivity contribution >= 4 is 69.4 Å². The van der Waals surface area contributed by atoms with Crippen molar-refractivity contribution in [3.63, 3.8) is 0 Å². The predicted molar refractivity (Wildman–Crippen MR) is 136 cm³/mol. The van der Waals surface area contributed by atoms with Gasteiger partial charge in [0, 0.05) is 10.0 Å². The lowest BCUT2D eigenvalue weighted by Crippen LogP contribution is -2.19. The van der Waals surface area contributed by atoms with E-state index in [1.165, 1.54) is 11.8 Å². The molecule has 3 aromatic rings. The van der Waals surface area contributed by atoms with Crippen LogP contribution in [0.15, 0.2) is 70.6 Å². The van der Waals surface area contributed by atoms with Crippen LogP contribution < -0.4 is 14.8 Å². The molecule has 4 rings (SSSR count). The van der Waals surface area contributed by atoms with Crippen molar-refractivity contribution in [2.45, 2.75) is 6.61 Å². The molecule has 0 bridgehead atoms. The van der Waals surface area contributed by atoms with Crippen molar-refractivity contribution in [1.29, 1.82) is 0 Å². The van der Waals surface area contributed by atoms with Crippen LogP contribution in [-0.4, -0.2) is 18.2 Å². The number of nitrogens with zero attached hydrogens (tertiary/aromatic N) is 1. The lowest BCUT2D eigenvalue weighted by molar-refractivity contribution is -0.115. The molecule has 5 nitrogen and oxygen atoms in total. The first kappa shape index (κ1) is 23.5. The third-order valence-corrected chi connectivity index (χ3v) is 6.28. The summed E-state index contributed by atoms with van der Waals surface area (Å²) >= 11 is 19.2. The van der Waals surface area contributed by atoms with Crippen LogP contribution in [0, 0.1) is 0 Å². The molecular formula is C24H17Cl3N2O3S. The number of carbonyl (C=O) groups is 1. The molecule has 1 N–H and O–H groups in total. The lowest BCUT2D eigenvalue weighted by atomic mass is 10.2. The largest absolute Gasteiger partial charge is 0.493 e. The van der Waals surface area contributed by atoms with Crippen LogP contribution in [0.3, 0.4) is 0 Å². The molecule has 3 aromatic carbocycles. The highest BCUT2D eigenvalue weighted by Gasteiger charge is 2.24. The number of amidine groups is 1. The van der Waals surface area contributed by atoms with Gasteiger partial charge in [0.1, 0.15) is 6.61 Å². The average molecular weight is 520 g/mol. The molecule has 9 heteroatoms. The summed E-state index contributed by atoms with van der Waals surface area (Å²) in [6, 6.07) is 17.9. The summed E-state index contributed by atoms with van der Waals surface area (Å²) in [5, 5.41) is 4.77. The summed E-state index contributed by atoms with van der Waals surface area (Å²) < 4.78 is 11.4. The summed E-state index contributed by atoms with van der Waals surface area (Å²) in [6.07, 6.45) is 1.76. The van der Waals surface area contributed by atoms with Crippen molar-refractivity contribution < 1.29 is 14.3 Å². The number of aliphatic imine (C=N–C) groups is 1. The van der Waals surface area contributed by atoms with E-state index in [-0.39, 0.29) is 5.91 Å². The Labute approximate surface area is 210 Å². The second kappa shape index (κ2) is 10.5. The second-order valence-electron chi connectivity index (χ2n) is 6.90. The quantitative estimate of drug-likeness (QED) is 0.352. The Balaban J connectivity index is 1.49. The Morgan fingerprint density at radius 3 is 2.45 bits per heavy atom. The van der Waals surface area contributed by atoms with E-state index in [1.54, 1.807) is 37.5 Å². The SMILES string of the molecule is COc1cc(/C=C2\SC(=Nc3ccc(Cl)cc3Cl)NC2=O)ccc1OCc1ccc(Cl)cc1. The fourth-order valence-electron chi connectivity index (χ4n) is 2.95. The van der Waals surface area contributed by atoms with Crippen LogP contribution in [-0.2, 0) is 11.4 Å². The maximum absolute atomic E-state index is 12.4. The zero-order valence-electron chi connectivity index (χ0n) is 17.3. The van der Waals surface area contributed by atoms with E-state index in [4.69, 9.17) is 44.3 Å². The number of nitrogens with one attached hydrogen (secondary N) is 1. The van der Waals surface area contributed by atoms with Gasteiger partial charge in [-0.25, -0.2) is 4.99 Å². The minimum absolute atomic E-state index is 0.245. The van der Waals surface area contributed by atoms with Crippen LogP contribution in [0.1, 0.15) is 11.1 Å². The minimum Gasteiger partial charge on any atom is -0.493 e. The van der Waals surface area contributed by atoms with Crippen molar-refractivity contribution in [2.24, 2.45) is 4.99 Å². The van der Waals surface area contributed by atoms with Crippen LogP contribution >= 0.6 is 46.6 Å². The number of benzene rings is 3. The molecule has 33 heavy (non-hydrogen) atoms. The Bertz CT molecular complexity index is 1260. The zero-order valence-corrected chi connectivity index (χ0v) is 20.4. The number of hydrogen-bond donors (Lipinski definition) is 1. The molecular weight excluding hydrogens is 503 g/mol. The van der Waals surface area contributed by atoms with Gasteiger partial charge in [-0.2, -0.15) is 0 Å². The first-order valence-corrected chi connectivity index (χ1v) is 11.7. The molecule has 1 heterocycles. The highest BCUT2D eigenvalue weighted by atomic mass is 35.5. The van der Waals surface area contributed by atoms with Gasteiger partial charge in [0.05, 0.1) is 22.7 Å². The van der Waals surface area contributed by atoms with Gasteiger partial charge < -0.3 is 14.8 Å². The fraction of sp³-hybridized carbons (Fsp3) is 0.0833. The van der Waals surface area contributed by atoms with E-state index < -0.39 is 0 Å². The summed E-state index contributed by atoms with van der Waals surface area (Å²) in [7, 11) is 1.57. The molecule has 0 unspecified atom stereocenters. The van der Waals surface area contributed by atoms with Crippen molar-refractivity contribution in [3.8, 4) is 11.5 Å². The number of halogens is 3. The van der Waals surface area contributed by atoms with Crippen molar-refractivity contribution in [1.82, 2.24) is 5.32 Å². The van der Waals surface area contributed by atoms with Crippen molar-refractivity contribution in [2.75, 3.05) is 7.11 Å². The Morgan fingerprint density at radius 1 is 0.970 bits per heavy atom. The molecule has 0 aromatic heterocycles. The Kier molecular flexibility index (Phi) is 7.50.